The second-order valence-electron chi connectivity index (χ2n) is 6.06. The number of hydrogen-bond donors (Lipinski definition) is 1. The predicted octanol–water partition coefficient (Wildman–Crippen LogP) is 4.09. The van der Waals surface area contributed by atoms with Gasteiger partial charge in [0.1, 0.15) is 26.4 Å². The summed E-state index contributed by atoms with van der Waals surface area (Å²) in [5.74, 6) is -3.18. The van der Waals surface area contributed by atoms with E-state index in [4.69, 9.17) is 15.8 Å². The molecule has 0 spiro atoms. The van der Waals surface area contributed by atoms with Gasteiger partial charge >= 0.3 is 10.1 Å². The number of rotatable bonds is 7. The predicted molar refractivity (Wildman–Crippen MR) is 110 cm³/mol. The van der Waals surface area contributed by atoms with E-state index in [-0.39, 0.29) is 0 Å². The molecule has 0 radical (unpaired) electrons. The fourth-order valence-corrected chi connectivity index (χ4v) is 4.89. The summed E-state index contributed by atoms with van der Waals surface area (Å²) in [4.78, 5) is 8.53. The van der Waals surface area contributed by atoms with E-state index in [2.05, 4.69) is 0 Å². The molecule has 0 atom stereocenters. The second-order valence-corrected chi connectivity index (χ2v) is 9.63. The Hall–Kier alpha value is -3.29. The van der Waals surface area contributed by atoms with E-state index < -0.39 is 68.6 Å². The standard InChI is InChI=1S/C18H11ClF2N2O7S2/c19-11-9-14(22-31(26,27)17-7-3-1-5-12(17)20)16(10-15(11)23(24)25)30-32(28,29)18-8-4-2-6-13(18)21/h1-10,22H. The molecular weight excluding hydrogens is 494 g/mol. The summed E-state index contributed by atoms with van der Waals surface area (Å²) in [5, 5.41) is 10.6. The first kappa shape index (κ1) is 23.4. The summed E-state index contributed by atoms with van der Waals surface area (Å²) in [5.41, 5.74) is -1.48. The molecule has 0 fully saturated rings. The molecule has 168 valence electrons. The highest BCUT2D eigenvalue weighted by Gasteiger charge is 2.28. The number of benzene rings is 3. The maximum absolute atomic E-state index is 14.0. The van der Waals surface area contributed by atoms with Crippen LogP contribution < -0.4 is 8.91 Å². The van der Waals surface area contributed by atoms with Gasteiger partial charge in [0.05, 0.1) is 16.7 Å². The summed E-state index contributed by atoms with van der Waals surface area (Å²) in [6, 6.07) is 9.66. The number of nitro benzene ring substituents is 1. The van der Waals surface area contributed by atoms with E-state index in [0.717, 1.165) is 24.3 Å². The van der Waals surface area contributed by atoms with Crippen molar-refractivity contribution in [1.29, 1.82) is 0 Å². The molecule has 0 saturated heterocycles. The minimum Gasteiger partial charge on any atom is -0.376 e. The highest BCUT2D eigenvalue weighted by molar-refractivity contribution is 7.92. The van der Waals surface area contributed by atoms with Gasteiger partial charge in [-0.1, -0.05) is 35.9 Å². The van der Waals surface area contributed by atoms with Crippen LogP contribution in [0.2, 0.25) is 5.02 Å². The lowest BCUT2D eigenvalue weighted by Gasteiger charge is -2.14. The van der Waals surface area contributed by atoms with Gasteiger partial charge in [-0.25, -0.2) is 17.2 Å². The van der Waals surface area contributed by atoms with E-state index in [0.29, 0.717) is 12.1 Å². The molecule has 0 unspecified atom stereocenters. The number of nitrogens with one attached hydrogen (secondary N) is 1. The van der Waals surface area contributed by atoms with Gasteiger partial charge in [-0.05, 0) is 30.3 Å². The molecule has 0 aliphatic heterocycles. The Balaban J connectivity index is 2.13. The zero-order valence-corrected chi connectivity index (χ0v) is 17.9. The first-order chi connectivity index (χ1) is 14.9. The van der Waals surface area contributed by atoms with E-state index in [9.17, 15) is 35.7 Å². The van der Waals surface area contributed by atoms with Crippen molar-refractivity contribution in [2.75, 3.05) is 4.72 Å². The zero-order chi connectivity index (χ0) is 23.7. The Morgan fingerprint density at radius 2 is 1.44 bits per heavy atom. The SMILES string of the molecule is O=[N+]([O-])c1cc(OS(=O)(=O)c2ccccc2F)c(NS(=O)(=O)c2ccccc2F)cc1Cl. The van der Waals surface area contributed by atoms with E-state index in [1.165, 1.54) is 24.3 Å². The van der Waals surface area contributed by atoms with E-state index in [1.54, 1.807) is 0 Å². The average Bonchev–Trinajstić information content (AvgIpc) is 2.69. The van der Waals surface area contributed by atoms with E-state index in [1.807, 2.05) is 4.72 Å². The normalized spacial score (nSPS) is 11.7. The minimum atomic E-state index is -4.90. The largest absolute Gasteiger partial charge is 0.376 e. The molecule has 14 heteroatoms. The van der Waals surface area contributed by atoms with Crippen molar-refractivity contribution in [3.63, 3.8) is 0 Å². The number of halogens is 3. The van der Waals surface area contributed by atoms with Crippen molar-refractivity contribution in [1.82, 2.24) is 0 Å². The molecule has 0 amide bonds. The molecule has 0 aliphatic rings. The zero-order valence-electron chi connectivity index (χ0n) is 15.5. The van der Waals surface area contributed by atoms with Crippen molar-refractivity contribution in [2.45, 2.75) is 9.79 Å². The third-order valence-corrected chi connectivity index (χ3v) is 6.89. The Morgan fingerprint density at radius 3 is 1.97 bits per heavy atom. The molecule has 3 aromatic rings. The lowest BCUT2D eigenvalue weighted by Crippen LogP contribution is -2.17. The van der Waals surface area contributed by atoms with Crippen LogP contribution in [0.25, 0.3) is 0 Å². The van der Waals surface area contributed by atoms with Crippen LogP contribution in [0.15, 0.2) is 70.5 Å². The summed E-state index contributed by atoms with van der Waals surface area (Å²) in [6.45, 7) is 0. The van der Waals surface area contributed by atoms with Gasteiger partial charge in [-0.3, -0.25) is 14.8 Å². The van der Waals surface area contributed by atoms with Crippen LogP contribution in [-0.2, 0) is 20.1 Å². The van der Waals surface area contributed by atoms with Crippen LogP contribution >= 0.6 is 11.6 Å². The van der Waals surface area contributed by atoms with Crippen LogP contribution in [0.4, 0.5) is 20.2 Å². The van der Waals surface area contributed by atoms with Crippen molar-refractivity contribution in [3.8, 4) is 5.75 Å². The fourth-order valence-electron chi connectivity index (χ4n) is 2.50. The quantitative estimate of drug-likeness (QED) is 0.291. The molecule has 32 heavy (non-hydrogen) atoms. The fraction of sp³-hybridized carbons (Fsp3) is 0. The van der Waals surface area contributed by atoms with Gasteiger partial charge in [0, 0.05) is 0 Å². The van der Waals surface area contributed by atoms with Gasteiger partial charge < -0.3 is 4.18 Å². The van der Waals surface area contributed by atoms with Crippen LogP contribution in [0.3, 0.4) is 0 Å². The monoisotopic (exact) mass is 504 g/mol. The molecule has 0 saturated carbocycles. The highest BCUT2D eigenvalue weighted by atomic mass is 35.5. The lowest BCUT2D eigenvalue weighted by atomic mass is 10.2. The van der Waals surface area contributed by atoms with Gasteiger partial charge in [0.2, 0.25) is 0 Å². The van der Waals surface area contributed by atoms with Gasteiger partial charge in [-0.2, -0.15) is 8.42 Å². The maximum Gasteiger partial charge on any atom is 0.342 e. The summed E-state index contributed by atoms with van der Waals surface area (Å²) in [6.07, 6.45) is 0. The average molecular weight is 505 g/mol. The van der Waals surface area contributed by atoms with Crippen LogP contribution in [0.5, 0.6) is 5.75 Å². The van der Waals surface area contributed by atoms with Gasteiger partial charge in [0.15, 0.2) is 5.75 Å². The van der Waals surface area contributed by atoms with Crippen molar-refractivity contribution in [3.05, 3.63) is 87.4 Å². The summed E-state index contributed by atoms with van der Waals surface area (Å²) >= 11 is 5.80. The maximum atomic E-state index is 14.0. The summed E-state index contributed by atoms with van der Waals surface area (Å²) in [7, 11) is -9.55. The summed E-state index contributed by atoms with van der Waals surface area (Å²) < 4.78 is 84.9. The molecule has 0 bridgehead atoms. The minimum absolute atomic E-state index is 0.542. The molecule has 3 rings (SSSR count). The van der Waals surface area contributed by atoms with Crippen molar-refractivity contribution < 1.29 is 34.7 Å². The smallest absolute Gasteiger partial charge is 0.342 e. The molecule has 1 N–H and O–H groups in total. The third kappa shape index (κ3) is 4.79. The Bertz CT molecular complexity index is 1430. The van der Waals surface area contributed by atoms with Gasteiger partial charge in [0.25, 0.3) is 15.7 Å². The third-order valence-electron chi connectivity index (χ3n) is 3.92. The molecule has 3 aromatic carbocycles. The van der Waals surface area contributed by atoms with Crippen LogP contribution in [-0.4, -0.2) is 21.8 Å². The van der Waals surface area contributed by atoms with Crippen molar-refractivity contribution in [2.24, 2.45) is 0 Å². The first-order valence-electron chi connectivity index (χ1n) is 8.36. The number of nitrogens with zero attached hydrogens (tertiary/aromatic N) is 1. The second kappa shape index (κ2) is 8.68. The molecule has 0 aromatic heterocycles. The molecule has 9 nitrogen and oxygen atoms in total. The molecular formula is C18H11ClF2N2O7S2. The van der Waals surface area contributed by atoms with Crippen LogP contribution in [0.1, 0.15) is 0 Å². The van der Waals surface area contributed by atoms with E-state index >= 15 is 0 Å². The number of hydrogen-bond acceptors (Lipinski definition) is 7. The topological polar surface area (TPSA) is 133 Å². The Morgan fingerprint density at radius 1 is 0.906 bits per heavy atom. The first-order valence-corrected chi connectivity index (χ1v) is 11.6. The van der Waals surface area contributed by atoms with Crippen LogP contribution in [0, 0.1) is 21.7 Å². The lowest BCUT2D eigenvalue weighted by molar-refractivity contribution is -0.384. The highest BCUT2D eigenvalue weighted by Crippen LogP contribution is 2.38. The molecule has 0 aliphatic carbocycles. The number of sulfonamides is 1. The van der Waals surface area contributed by atoms with Gasteiger partial charge in [-0.15, -0.1) is 0 Å². The molecule has 0 heterocycles. The van der Waals surface area contributed by atoms with Crippen molar-refractivity contribution >= 4 is 43.1 Å². The number of nitro groups is 1. The Kier molecular flexibility index (Phi) is 6.34. The number of anilines is 1. The Labute approximate surface area is 185 Å².